The average Bonchev–Trinajstić information content (AvgIpc) is 3.08. The highest BCUT2D eigenvalue weighted by Crippen LogP contribution is 2.55. The van der Waals surface area contributed by atoms with Gasteiger partial charge in [0.2, 0.25) is 6.43 Å². The van der Waals surface area contributed by atoms with Crippen LogP contribution in [0, 0.1) is 22.7 Å². The molecule has 20 heavy (non-hydrogen) atoms. The average molecular weight is 288 g/mol. The Balaban J connectivity index is 1.79. The molecule has 0 aromatic rings. The zero-order chi connectivity index (χ0) is 15.1. The van der Waals surface area contributed by atoms with Gasteiger partial charge in [-0.3, -0.25) is 0 Å². The van der Waals surface area contributed by atoms with Crippen molar-refractivity contribution < 1.29 is 13.6 Å². The monoisotopic (exact) mass is 288 g/mol. The molecule has 0 aromatic heterocycles. The number of halogens is 2. The van der Waals surface area contributed by atoms with Crippen LogP contribution in [0.15, 0.2) is 0 Å². The van der Waals surface area contributed by atoms with Crippen LogP contribution in [0.2, 0.25) is 0 Å². The molecule has 2 saturated carbocycles. The van der Waals surface area contributed by atoms with Crippen molar-refractivity contribution in [3.05, 3.63) is 0 Å². The SMILES string of the molecule is C[C@H]1CC[C@@](C)(CNC(=O)N[C@@H]2C[C@@H]2C(F)F)C1(C)C. The highest BCUT2D eigenvalue weighted by Gasteiger charge is 2.50. The number of alkyl halides is 2. The molecule has 4 atom stereocenters. The molecule has 2 aliphatic rings. The Bertz CT molecular complexity index is 386. The maximum atomic E-state index is 12.4. The van der Waals surface area contributed by atoms with Gasteiger partial charge in [-0.15, -0.1) is 0 Å². The van der Waals surface area contributed by atoms with E-state index in [1.165, 1.54) is 6.42 Å². The van der Waals surface area contributed by atoms with Gasteiger partial charge in [0, 0.05) is 18.5 Å². The second-order valence-electron chi connectivity index (χ2n) is 7.39. The van der Waals surface area contributed by atoms with Crippen molar-refractivity contribution in [2.24, 2.45) is 22.7 Å². The first-order valence-corrected chi connectivity index (χ1v) is 7.50. The molecule has 0 radical (unpaired) electrons. The third kappa shape index (κ3) is 2.77. The van der Waals surface area contributed by atoms with E-state index in [0.717, 1.165) is 6.42 Å². The molecule has 2 fully saturated rings. The lowest BCUT2D eigenvalue weighted by Gasteiger charge is -2.41. The molecule has 0 unspecified atom stereocenters. The van der Waals surface area contributed by atoms with Crippen LogP contribution in [-0.2, 0) is 0 Å². The van der Waals surface area contributed by atoms with Crippen LogP contribution < -0.4 is 10.6 Å². The van der Waals surface area contributed by atoms with E-state index in [9.17, 15) is 13.6 Å². The summed E-state index contributed by atoms with van der Waals surface area (Å²) < 4.78 is 24.8. The van der Waals surface area contributed by atoms with Gasteiger partial charge in [0.1, 0.15) is 0 Å². The van der Waals surface area contributed by atoms with Gasteiger partial charge in [-0.1, -0.05) is 27.7 Å². The highest BCUT2D eigenvalue weighted by molar-refractivity contribution is 5.74. The van der Waals surface area contributed by atoms with Crippen molar-refractivity contribution >= 4 is 6.03 Å². The number of urea groups is 1. The zero-order valence-corrected chi connectivity index (χ0v) is 12.8. The first-order valence-electron chi connectivity index (χ1n) is 7.50. The van der Waals surface area contributed by atoms with E-state index in [1.807, 2.05) is 0 Å². The van der Waals surface area contributed by atoms with Crippen LogP contribution in [0.5, 0.6) is 0 Å². The largest absolute Gasteiger partial charge is 0.338 e. The zero-order valence-electron chi connectivity index (χ0n) is 12.8. The van der Waals surface area contributed by atoms with Gasteiger partial charge in [0.25, 0.3) is 0 Å². The summed E-state index contributed by atoms with van der Waals surface area (Å²) in [5.74, 6) is -0.0247. The summed E-state index contributed by atoms with van der Waals surface area (Å²) in [5.41, 5.74) is 0.237. The van der Waals surface area contributed by atoms with E-state index in [-0.39, 0.29) is 22.9 Å². The number of carbonyl (C=O) groups excluding carboxylic acids is 1. The minimum atomic E-state index is -2.33. The maximum Gasteiger partial charge on any atom is 0.315 e. The molecule has 2 amide bonds. The maximum absolute atomic E-state index is 12.4. The third-order valence-electron chi connectivity index (χ3n) is 6.04. The lowest BCUT2D eigenvalue weighted by molar-refractivity contribution is 0.0961. The lowest BCUT2D eigenvalue weighted by atomic mass is 9.66. The number of amides is 2. The summed E-state index contributed by atoms with van der Waals surface area (Å²) in [4.78, 5) is 11.8. The Labute approximate surface area is 119 Å². The molecular formula is C15H26F2N2O. The van der Waals surface area contributed by atoms with Crippen molar-refractivity contribution in [1.29, 1.82) is 0 Å². The molecule has 2 rings (SSSR count). The van der Waals surface area contributed by atoms with Crippen molar-refractivity contribution in [2.45, 2.75) is 59.4 Å². The van der Waals surface area contributed by atoms with Gasteiger partial charge in [-0.05, 0) is 36.0 Å². The molecule has 2 N–H and O–H groups in total. The van der Waals surface area contributed by atoms with Gasteiger partial charge in [-0.2, -0.15) is 0 Å². The Kier molecular flexibility index (Phi) is 4.00. The van der Waals surface area contributed by atoms with Gasteiger partial charge in [0.15, 0.2) is 0 Å². The summed E-state index contributed by atoms with van der Waals surface area (Å²) in [6.07, 6.45) is 0.325. The van der Waals surface area contributed by atoms with E-state index in [0.29, 0.717) is 18.9 Å². The van der Waals surface area contributed by atoms with Crippen molar-refractivity contribution in [3.8, 4) is 0 Å². The van der Waals surface area contributed by atoms with Crippen LogP contribution in [0.25, 0.3) is 0 Å². The van der Waals surface area contributed by atoms with Gasteiger partial charge in [0.05, 0.1) is 0 Å². The number of hydrogen-bond donors (Lipinski definition) is 2. The molecule has 0 aromatic carbocycles. The Morgan fingerprint density at radius 3 is 2.45 bits per heavy atom. The van der Waals surface area contributed by atoms with E-state index in [1.54, 1.807) is 0 Å². The lowest BCUT2D eigenvalue weighted by Crippen LogP contribution is -2.47. The Morgan fingerprint density at radius 2 is 2.00 bits per heavy atom. The first kappa shape index (κ1) is 15.5. The number of hydrogen-bond acceptors (Lipinski definition) is 1. The fourth-order valence-electron chi connectivity index (χ4n) is 3.28. The van der Waals surface area contributed by atoms with Crippen LogP contribution in [0.3, 0.4) is 0 Å². The van der Waals surface area contributed by atoms with E-state index < -0.39 is 12.3 Å². The van der Waals surface area contributed by atoms with Crippen molar-refractivity contribution in [2.75, 3.05) is 6.54 Å². The number of nitrogens with one attached hydrogen (secondary N) is 2. The van der Waals surface area contributed by atoms with Crippen LogP contribution in [0.1, 0.15) is 47.0 Å². The molecule has 0 aliphatic heterocycles. The summed E-state index contributed by atoms with van der Waals surface area (Å²) in [6.45, 7) is 9.55. The van der Waals surface area contributed by atoms with Gasteiger partial charge < -0.3 is 10.6 Å². The normalized spacial score (nSPS) is 38.9. The van der Waals surface area contributed by atoms with Gasteiger partial charge in [-0.25, -0.2) is 13.6 Å². The molecule has 5 heteroatoms. The minimum Gasteiger partial charge on any atom is -0.338 e. The molecule has 2 aliphatic carbocycles. The summed E-state index contributed by atoms with van der Waals surface area (Å²) in [5, 5.41) is 5.51. The molecule has 0 saturated heterocycles. The van der Waals surface area contributed by atoms with Gasteiger partial charge >= 0.3 is 6.03 Å². The topological polar surface area (TPSA) is 41.1 Å². The quantitative estimate of drug-likeness (QED) is 0.818. The van der Waals surface area contributed by atoms with Crippen LogP contribution in [-0.4, -0.2) is 25.0 Å². The first-order chi connectivity index (χ1) is 9.17. The molecule has 116 valence electrons. The molecule has 0 heterocycles. The second-order valence-corrected chi connectivity index (χ2v) is 7.39. The molecule has 3 nitrogen and oxygen atoms in total. The van der Waals surface area contributed by atoms with Crippen molar-refractivity contribution in [3.63, 3.8) is 0 Å². The van der Waals surface area contributed by atoms with E-state index >= 15 is 0 Å². The highest BCUT2D eigenvalue weighted by atomic mass is 19.3. The number of carbonyl (C=O) groups is 1. The fraction of sp³-hybridized carbons (Fsp3) is 0.933. The fourth-order valence-corrected chi connectivity index (χ4v) is 3.28. The smallest absolute Gasteiger partial charge is 0.315 e. The molecular weight excluding hydrogens is 262 g/mol. The van der Waals surface area contributed by atoms with Crippen LogP contribution in [0.4, 0.5) is 13.6 Å². The Morgan fingerprint density at radius 1 is 1.35 bits per heavy atom. The standard InChI is InChI=1S/C15H26F2N2O/c1-9-5-6-15(4,14(9,2)3)8-18-13(20)19-11-7-10(11)12(16)17/h9-12H,5-8H2,1-4H3,(H2,18,19,20)/t9-,10-,11+,15-/m0/s1. The van der Waals surface area contributed by atoms with E-state index in [2.05, 4.69) is 38.3 Å². The predicted octanol–water partition coefficient (Wildman–Crippen LogP) is 3.40. The van der Waals surface area contributed by atoms with E-state index in [4.69, 9.17) is 0 Å². The van der Waals surface area contributed by atoms with Crippen molar-refractivity contribution in [1.82, 2.24) is 10.6 Å². The summed E-state index contributed by atoms with van der Waals surface area (Å²) in [7, 11) is 0. The second kappa shape index (κ2) is 5.15. The predicted molar refractivity (Wildman–Crippen MR) is 74.7 cm³/mol. The summed E-state index contributed by atoms with van der Waals surface area (Å²) >= 11 is 0. The number of rotatable bonds is 4. The third-order valence-corrected chi connectivity index (χ3v) is 6.04. The minimum absolute atomic E-state index is 0.0649. The Hall–Kier alpha value is -0.870. The summed E-state index contributed by atoms with van der Waals surface area (Å²) in [6, 6.07) is -0.659. The van der Waals surface area contributed by atoms with Crippen LogP contribution >= 0.6 is 0 Å². The molecule has 0 bridgehead atoms. The molecule has 0 spiro atoms.